The van der Waals surface area contributed by atoms with E-state index in [1.165, 1.54) is 0 Å². The lowest BCUT2D eigenvalue weighted by Gasteiger charge is -2.21. The van der Waals surface area contributed by atoms with Gasteiger partial charge < -0.3 is 19.4 Å². The van der Waals surface area contributed by atoms with E-state index in [0.717, 1.165) is 22.2 Å². The molecule has 0 saturated heterocycles. The minimum absolute atomic E-state index is 0.129. The average molecular weight is 464 g/mol. The maximum atomic E-state index is 13.2. The van der Waals surface area contributed by atoms with E-state index in [9.17, 15) is 14.4 Å². The first-order valence-electron chi connectivity index (χ1n) is 11.4. The molecule has 1 amide bonds. The number of para-hydroxylation sites is 1. The van der Waals surface area contributed by atoms with Crippen molar-refractivity contribution in [3.63, 3.8) is 0 Å². The number of pyridine rings is 2. The Labute approximate surface area is 197 Å². The SMILES string of the molecule is CCC(OC(=O)CNC(=O)OC(C)(C)C)c1cc2n(c(=O)c1C)Cc1cc3ccccc3nc1-2. The van der Waals surface area contributed by atoms with Crippen LogP contribution in [0.15, 0.2) is 41.2 Å². The summed E-state index contributed by atoms with van der Waals surface area (Å²) >= 11 is 0. The average Bonchev–Trinajstić information content (AvgIpc) is 3.13. The number of hydrogen-bond acceptors (Lipinski definition) is 6. The predicted octanol–water partition coefficient (Wildman–Crippen LogP) is 4.25. The molecule has 0 spiro atoms. The zero-order chi connectivity index (χ0) is 24.6. The van der Waals surface area contributed by atoms with Crippen molar-refractivity contribution in [3.05, 3.63) is 63.4 Å². The second kappa shape index (κ2) is 8.93. The standard InChI is InChI=1S/C26H29N3O5/c1-6-21(33-22(30)13-27-25(32)34-26(3,4)5)18-12-20-23-17(14-29(20)24(31)15(18)2)11-16-9-7-8-10-19(16)28-23/h7-12,21H,6,13-14H2,1-5H3,(H,27,32). The van der Waals surface area contributed by atoms with Gasteiger partial charge in [0.05, 0.1) is 23.4 Å². The zero-order valence-corrected chi connectivity index (χ0v) is 20.1. The Balaban J connectivity index is 1.59. The van der Waals surface area contributed by atoms with Gasteiger partial charge in [-0.25, -0.2) is 9.78 Å². The molecule has 1 N–H and O–H groups in total. The summed E-state index contributed by atoms with van der Waals surface area (Å²) in [5.74, 6) is -0.609. The Kier molecular flexibility index (Phi) is 6.17. The number of ether oxygens (including phenoxy) is 2. The van der Waals surface area contributed by atoms with E-state index < -0.39 is 23.8 Å². The van der Waals surface area contributed by atoms with Crippen molar-refractivity contribution >= 4 is 23.0 Å². The van der Waals surface area contributed by atoms with Crippen molar-refractivity contribution in [1.29, 1.82) is 0 Å². The Bertz CT molecular complexity index is 1340. The number of nitrogens with zero attached hydrogens (tertiary/aromatic N) is 2. The van der Waals surface area contributed by atoms with Crippen molar-refractivity contribution < 1.29 is 19.1 Å². The number of nitrogens with one attached hydrogen (secondary N) is 1. The van der Waals surface area contributed by atoms with E-state index in [-0.39, 0.29) is 12.1 Å². The number of esters is 1. The summed E-state index contributed by atoms with van der Waals surface area (Å²) in [7, 11) is 0. The second-order valence-corrected chi connectivity index (χ2v) is 9.43. The lowest BCUT2D eigenvalue weighted by atomic mass is 10.0. The number of rotatable bonds is 5. The third-order valence-electron chi connectivity index (χ3n) is 5.72. The van der Waals surface area contributed by atoms with E-state index in [2.05, 4.69) is 11.4 Å². The number of fused-ring (bicyclic) bond motifs is 4. The van der Waals surface area contributed by atoms with Crippen LogP contribution in [0.25, 0.3) is 22.3 Å². The number of carbonyl (C=O) groups excluding carboxylic acids is 2. The number of aromatic nitrogens is 2. The van der Waals surface area contributed by atoms with Crippen LogP contribution in [0.4, 0.5) is 4.79 Å². The fourth-order valence-corrected chi connectivity index (χ4v) is 4.15. The van der Waals surface area contributed by atoms with Crippen LogP contribution in [-0.2, 0) is 20.8 Å². The summed E-state index contributed by atoms with van der Waals surface area (Å²) < 4.78 is 12.5. The molecule has 8 heteroatoms. The molecule has 3 heterocycles. The molecular formula is C26H29N3O5. The highest BCUT2D eigenvalue weighted by atomic mass is 16.6. The van der Waals surface area contributed by atoms with Gasteiger partial charge in [-0.3, -0.25) is 9.59 Å². The van der Waals surface area contributed by atoms with Gasteiger partial charge in [0, 0.05) is 22.1 Å². The van der Waals surface area contributed by atoms with Crippen molar-refractivity contribution in [1.82, 2.24) is 14.9 Å². The van der Waals surface area contributed by atoms with Gasteiger partial charge in [0.2, 0.25) is 0 Å². The zero-order valence-electron chi connectivity index (χ0n) is 20.1. The predicted molar refractivity (Wildman–Crippen MR) is 129 cm³/mol. The Morgan fingerprint density at radius 3 is 2.65 bits per heavy atom. The van der Waals surface area contributed by atoms with Gasteiger partial charge in [-0.15, -0.1) is 0 Å². The van der Waals surface area contributed by atoms with Gasteiger partial charge in [-0.2, -0.15) is 0 Å². The molecule has 2 aromatic heterocycles. The molecule has 0 fully saturated rings. The van der Waals surface area contributed by atoms with Crippen molar-refractivity contribution in [2.45, 2.75) is 59.3 Å². The van der Waals surface area contributed by atoms with Gasteiger partial charge >= 0.3 is 12.1 Å². The molecule has 1 aromatic carbocycles. The first kappa shape index (κ1) is 23.5. The van der Waals surface area contributed by atoms with Gasteiger partial charge in [-0.1, -0.05) is 25.1 Å². The Hall–Kier alpha value is -3.68. The van der Waals surface area contributed by atoms with Crippen LogP contribution in [0.5, 0.6) is 0 Å². The van der Waals surface area contributed by atoms with Gasteiger partial charge in [0.1, 0.15) is 18.2 Å². The monoisotopic (exact) mass is 463 g/mol. The smallest absolute Gasteiger partial charge is 0.408 e. The van der Waals surface area contributed by atoms with Crippen molar-refractivity contribution in [2.75, 3.05) is 6.54 Å². The number of hydrogen-bond donors (Lipinski definition) is 1. The van der Waals surface area contributed by atoms with Crippen LogP contribution in [0, 0.1) is 6.92 Å². The molecule has 3 aromatic rings. The molecule has 0 saturated carbocycles. The summed E-state index contributed by atoms with van der Waals surface area (Å²) in [4.78, 5) is 42.3. The molecule has 1 atom stereocenters. The molecule has 178 valence electrons. The highest BCUT2D eigenvalue weighted by Crippen LogP contribution is 2.34. The van der Waals surface area contributed by atoms with E-state index in [1.54, 1.807) is 32.3 Å². The quantitative estimate of drug-likeness (QED) is 0.444. The largest absolute Gasteiger partial charge is 0.456 e. The van der Waals surface area contributed by atoms with Crippen molar-refractivity contribution in [3.8, 4) is 11.4 Å². The number of alkyl carbamates (subject to hydrolysis) is 1. The van der Waals surface area contributed by atoms with Crippen LogP contribution in [0.2, 0.25) is 0 Å². The molecule has 34 heavy (non-hydrogen) atoms. The van der Waals surface area contributed by atoms with Crippen LogP contribution >= 0.6 is 0 Å². The maximum absolute atomic E-state index is 13.2. The lowest BCUT2D eigenvalue weighted by molar-refractivity contribution is -0.148. The fourth-order valence-electron chi connectivity index (χ4n) is 4.15. The van der Waals surface area contributed by atoms with Crippen LogP contribution in [0.1, 0.15) is 56.9 Å². The third kappa shape index (κ3) is 4.66. The minimum atomic E-state index is -0.695. The minimum Gasteiger partial charge on any atom is -0.456 e. The first-order chi connectivity index (χ1) is 16.1. The second-order valence-electron chi connectivity index (χ2n) is 9.43. The van der Waals surface area contributed by atoms with Gasteiger partial charge in [0.15, 0.2) is 0 Å². The van der Waals surface area contributed by atoms with E-state index in [0.29, 0.717) is 29.8 Å². The summed E-state index contributed by atoms with van der Waals surface area (Å²) in [6, 6.07) is 11.8. The topological polar surface area (TPSA) is 99.5 Å². The molecule has 4 rings (SSSR count). The molecule has 0 radical (unpaired) electrons. The van der Waals surface area contributed by atoms with E-state index in [1.807, 2.05) is 37.3 Å². The summed E-state index contributed by atoms with van der Waals surface area (Å²) in [6.07, 6.45) is -0.852. The highest BCUT2D eigenvalue weighted by molar-refractivity contribution is 5.84. The van der Waals surface area contributed by atoms with E-state index in [4.69, 9.17) is 14.5 Å². The van der Waals surface area contributed by atoms with Crippen LogP contribution in [-0.4, -0.2) is 33.8 Å². The van der Waals surface area contributed by atoms with Crippen LogP contribution in [0.3, 0.4) is 0 Å². The van der Waals surface area contributed by atoms with Gasteiger partial charge in [-0.05, 0) is 52.3 Å². The molecule has 0 bridgehead atoms. The fraction of sp³-hybridized carbons (Fsp3) is 0.385. The van der Waals surface area contributed by atoms with Crippen LogP contribution < -0.4 is 10.9 Å². The maximum Gasteiger partial charge on any atom is 0.408 e. The number of amides is 1. The normalized spacial score (nSPS) is 13.2. The summed E-state index contributed by atoms with van der Waals surface area (Å²) in [6.45, 7) is 8.97. The molecule has 1 unspecified atom stereocenters. The van der Waals surface area contributed by atoms with Crippen molar-refractivity contribution in [2.24, 2.45) is 0 Å². The summed E-state index contributed by atoms with van der Waals surface area (Å²) in [5, 5.41) is 3.43. The Morgan fingerprint density at radius 1 is 1.21 bits per heavy atom. The Morgan fingerprint density at radius 2 is 1.94 bits per heavy atom. The molecule has 8 nitrogen and oxygen atoms in total. The van der Waals surface area contributed by atoms with Gasteiger partial charge in [0.25, 0.3) is 5.56 Å². The molecule has 0 aliphatic carbocycles. The highest BCUT2D eigenvalue weighted by Gasteiger charge is 2.27. The number of benzene rings is 1. The lowest BCUT2D eigenvalue weighted by Crippen LogP contribution is -2.36. The first-order valence-corrected chi connectivity index (χ1v) is 11.4. The summed E-state index contributed by atoms with van der Waals surface area (Å²) in [5.41, 5.74) is 3.70. The molecular weight excluding hydrogens is 434 g/mol. The molecule has 1 aliphatic heterocycles. The van der Waals surface area contributed by atoms with E-state index >= 15 is 0 Å². The molecule has 1 aliphatic rings. The third-order valence-corrected chi connectivity index (χ3v) is 5.72. The number of carbonyl (C=O) groups is 2.